The number of para-hydroxylation sites is 1. The molecule has 0 radical (unpaired) electrons. The molecule has 0 aliphatic carbocycles. The summed E-state index contributed by atoms with van der Waals surface area (Å²) in [6.07, 6.45) is 1.96. The summed E-state index contributed by atoms with van der Waals surface area (Å²) in [5, 5.41) is 6.27. The Hall–Kier alpha value is -3.77. The number of fused-ring (bicyclic) bond motifs is 1. The molecule has 0 spiro atoms. The fourth-order valence-electron chi connectivity index (χ4n) is 4.38. The first-order chi connectivity index (χ1) is 16.4. The van der Waals surface area contributed by atoms with Gasteiger partial charge in [0.2, 0.25) is 5.95 Å². The van der Waals surface area contributed by atoms with E-state index in [1.54, 1.807) is 6.92 Å². The maximum Gasteiger partial charge on any atom is 0.293 e. The van der Waals surface area contributed by atoms with Crippen molar-refractivity contribution in [1.82, 2.24) is 24.5 Å². The highest BCUT2D eigenvalue weighted by Crippen LogP contribution is 2.25. The standard InChI is InChI=1S/C25H30N8O/c1-5-6-14-32-23(18(3)29-25(32)31-13-9-10-19(26)15-31)24(34)33(27-4)16-22-28-17(2)20-11-7-8-12-21(20)30-22/h7-8,11-12,19H,4,9-10,13-16,26H2,1-3H3/t19-/m1/s1. The van der Waals surface area contributed by atoms with Gasteiger partial charge in [0.1, 0.15) is 12.2 Å². The second kappa shape index (κ2) is 10.0. The molecule has 0 unspecified atom stereocenters. The van der Waals surface area contributed by atoms with Crippen molar-refractivity contribution in [3.8, 4) is 11.8 Å². The molecule has 9 heteroatoms. The summed E-state index contributed by atoms with van der Waals surface area (Å²) in [5.74, 6) is 6.87. The normalized spacial score (nSPS) is 15.6. The van der Waals surface area contributed by atoms with Crippen LogP contribution in [-0.2, 0) is 13.1 Å². The number of rotatable bonds is 6. The molecule has 1 atom stereocenters. The van der Waals surface area contributed by atoms with Crippen molar-refractivity contribution >= 4 is 29.5 Å². The van der Waals surface area contributed by atoms with Crippen LogP contribution in [0.1, 0.15) is 47.5 Å². The smallest absolute Gasteiger partial charge is 0.293 e. The number of imidazole rings is 1. The number of piperidine rings is 1. The van der Waals surface area contributed by atoms with E-state index in [4.69, 9.17) is 10.7 Å². The van der Waals surface area contributed by atoms with E-state index in [0.717, 1.165) is 36.0 Å². The van der Waals surface area contributed by atoms with Gasteiger partial charge in [-0.25, -0.2) is 20.0 Å². The molecular formula is C25H30N8O. The summed E-state index contributed by atoms with van der Waals surface area (Å²) in [5.41, 5.74) is 8.92. The molecule has 1 fully saturated rings. The van der Waals surface area contributed by atoms with Gasteiger partial charge in [0.25, 0.3) is 5.91 Å². The number of nitrogens with zero attached hydrogens (tertiary/aromatic N) is 7. The Bertz CT molecular complexity index is 1290. The monoisotopic (exact) mass is 458 g/mol. The maximum atomic E-state index is 13.7. The van der Waals surface area contributed by atoms with Gasteiger partial charge in [-0.15, -0.1) is 5.92 Å². The molecule has 1 amide bonds. The second-order valence-electron chi connectivity index (χ2n) is 8.45. The van der Waals surface area contributed by atoms with Crippen LogP contribution in [0, 0.1) is 25.7 Å². The molecule has 3 aromatic rings. The first-order valence-electron chi connectivity index (χ1n) is 11.4. The fraction of sp³-hybridized carbons (Fsp3) is 0.400. The minimum Gasteiger partial charge on any atom is -0.341 e. The van der Waals surface area contributed by atoms with Crippen molar-refractivity contribution in [2.45, 2.75) is 52.7 Å². The Morgan fingerprint density at radius 3 is 2.79 bits per heavy atom. The lowest BCUT2D eigenvalue weighted by molar-refractivity contribution is 0.0735. The number of hydrazone groups is 1. The number of amides is 1. The first-order valence-corrected chi connectivity index (χ1v) is 11.4. The molecule has 9 nitrogen and oxygen atoms in total. The molecule has 1 aliphatic rings. The largest absolute Gasteiger partial charge is 0.341 e. The van der Waals surface area contributed by atoms with E-state index in [-0.39, 0.29) is 18.5 Å². The summed E-state index contributed by atoms with van der Waals surface area (Å²) < 4.78 is 1.86. The number of hydrogen-bond donors (Lipinski definition) is 1. The number of carbonyl (C=O) groups excluding carboxylic acids is 1. The summed E-state index contributed by atoms with van der Waals surface area (Å²) in [6, 6.07) is 7.87. The maximum absolute atomic E-state index is 13.7. The minimum atomic E-state index is -0.320. The lowest BCUT2D eigenvalue weighted by atomic mass is 10.1. The van der Waals surface area contributed by atoms with Gasteiger partial charge in [-0.05, 0) is 39.7 Å². The summed E-state index contributed by atoms with van der Waals surface area (Å²) in [6.45, 7) is 11.1. The highest BCUT2D eigenvalue weighted by molar-refractivity contribution is 5.94. The number of benzene rings is 1. The van der Waals surface area contributed by atoms with Gasteiger partial charge >= 0.3 is 0 Å². The predicted molar refractivity (Wildman–Crippen MR) is 134 cm³/mol. The van der Waals surface area contributed by atoms with E-state index in [0.29, 0.717) is 36.3 Å². The van der Waals surface area contributed by atoms with Gasteiger partial charge in [-0.3, -0.25) is 9.36 Å². The summed E-state index contributed by atoms with van der Waals surface area (Å²) >= 11 is 0. The van der Waals surface area contributed by atoms with Gasteiger partial charge in [-0.1, -0.05) is 24.1 Å². The minimum absolute atomic E-state index is 0.0789. The molecule has 0 saturated carbocycles. The van der Waals surface area contributed by atoms with E-state index in [9.17, 15) is 4.79 Å². The molecule has 2 aromatic heterocycles. The average Bonchev–Trinajstić information content (AvgIpc) is 3.16. The number of hydrogen-bond acceptors (Lipinski definition) is 7. The quantitative estimate of drug-likeness (QED) is 0.346. The Labute approximate surface area is 199 Å². The average molecular weight is 459 g/mol. The lowest BCUT2D eigenvalue weighted by Crippen LogP contribution is -2.44. The Morgan fingerprint density at radius 1 is 1.26 bits per heavy atom. The summed E-state index contributed by atoms with van der Waals surface area (Å²) in [4.78, 5) is 29.8. The van der Waals surface area contributed by atoms with Gasteiger partial charge in [0.15, 0.2) is 5.82 Å². The Morgan fingerprint density at radius 2 is 2.06 bits per heavy atom. The molecule has 0 bridgehead atoms. The molecule has 2 N–H and O–H groups in total. The number of aromatic nitrogens is 4. The van der Waals surface area contributed by atoms with Crippen molar-refractivity contribution in [2.75, 3.05) is 18.0 Å². The Kier molecular flexibility index (Phi) is 6.89. The third kappa shape index (κ3) is 4.63. The molecule has 1 aliphatic heterocycles. The van der Waals surface area contributed by atoms with Gasteiger partial charge in [-0.2, -0.15) is 5.10 Å². The van der Waals surface area contributed by atoms with Gasteiger partial charge < -0.3 is 10.6 Å². The van der Waals surface area contributed by atoms with Crippen molar-refractivity contribution in [3.05, 3.63) is 47.2 Å². The van der Waals surface area contributed by atoms with Crippen molar-refractivity contribution in [3.63, 3.8) is 0 Å². The van der Waals surface area contributed by atoms with Crippen molar-refractivity contribution in [1.29, 1.82) is 0 Å². The SMILES string of the molecule is C=NN(Cc1nc(C)c2ccccc2n1)C(=O)c1c(C)nc(N2CCC[C@@H](N)C2)n1CC#CC. The van der Waals surface area contributed by atoms with E-state index < -0.39 is 0 Å². The van der Waals surface area contributed by atoms with E-state index in [1.165, 1.54) is 5.01 Å². The summed E-state index contributed by atoms with van der Waals surface area (Å²) in [7, 11) is 0. The zero-order chi connectivity index (χ0) is 24.2. The van der Waals surface area contributed by atoms with Crippen LogP contribution in [0.3, 0.4) is 0 Å². The Balaban J connectivity index is 1.68. The highest BCUT2D eigenvalue weighted by atomic mass is 16.2. The lowest BCUT2D eigenvalue weighted by Gasteiger charge is -2.32. The molecule has 4 rings (SSSR count). The first kappa shape index (κ1) is 23.4. The zero-order valence-electron chi connectivity index (χ0n) is 20.0. The van der Waals surface area contributed by atoms with Crippen LogP contribution in [0.25, 0.3) is 10.9 Å². The van der Waals surface area contributed by atoms with Crippen LogP contribution < -0.4 is 10.6 Å². The number of aryl methyl sites for hydroxylation is 2. The third-order valence-electron chi connectivity index (χ3n) is 6.02. The molecule has 1 aromatic carbocycles. The number of anilines is 1. The fourth-order valence-corrected chi connectivity index (χ4v) is 4.38. The van der Waals surface area contributed by atoms with Crippen molar-refractivity contribution < 1.29 is 4.79 Å². The highest BCUT2D eigenvalue weighted by Gasteiger charge is 2.29. The molecule has 1 saturated heterocycles. The van der Waals surface area contributed by atoms with E-state index in [2.05, 4.69) is 38.5 Å². The van der Waals surface area contributed by atoms with E-state index in [1.807, 2.05) is 42.7 Å². The molecule has 34 heavy (non-hydrogen) atoms. The van der Waals surface area contributed by atoms with Crippen LogP contribution in [-0.4, -0.2) is 56.3 Å². The van der Waals surface area contributed by atoms with Crippen LogP contribution in [0.2, 0.25) is 0 Å². The molecule has 176 valence electrons. The topological polar surface area (TPSA) is 106 Å². The second-order valence-corrected chi connectivity index (χ2v) is 8.45. The molecule has 3 heterocycles. The van der Waals surface area contributed by atoms with Crippen LogP contribution in [0.5, 0.6) is 0 Å². The predicted octanol–water partition coefficient (Wildman–Crippen LogP) is 2.65. The zero-order valence-corrected chi connectivity index (χ0v) is 20.0. The van der Waals surface area contributed by atoms with Gasteiger partial charge in [0.05, 0.1) is 17.8 Å². The third-order valence-corrected chi connectivity index (χ3v) is 6.02. The van der Waals surface area contributed by atoms with Crippen LogP contribution in [0.15, 0.2) is 29.4 Å². The number of carbonyl (C=O) groups is 1. The molecular weight excluding hydrogens is 428 g/mol. The van der Waals surface area contributed by atoms with Crippen LogP contribution in [0.4, 0.5) is 5.95 Å². The van der Waals surface area contributed by atoms with Gasteiger partial charge in [0, 0.05) is 36.9 Å². The van der Waals surface area contributed by atoms with Crippen molar-refractivity contribution in [2.24, 2.45) is 10.8 Å². The number of nitrogens with two attached hydrogens (primary N) is 1. The van der Waals surface area contributed by atoms with E-state index >= 15 is 0 Å². The van der Waals surface area contributed by atoms with Crippen LogP contribution >= 0.6 is 0 Å².